The van der Waals surface area contributed by atoms with Crippen LogP contribution in [0.1, 0.15) is 32.0 Å². The summed E-state index contributed by atoms with van der Waals surface area (Å²) >= 11 is 0. The predicted molar refractivity (Wildman–Crippen MR) is 57.2 cm³/mol. The molecule has 0 aromatic carbocycles. The zero-order valence-electron chi connectivity index (χ0n) is 8.95. The topological polar surface area (TPSA) is 59.8 Å². The molecule has 80 valence electrons. The van der Waals surface area contributed by atoms with Gasteiger partial charge in [-0.2, -0.15) is 4.98 Å². The zero-order chi connectivity index (χ0) is 10.8. The SMILES string of the molecule is CC(=O)Nc1nc(C)n(C2=CCCC2)n1. The Morgan fingerprint density at radius 3 is 3.00 bits per heavy atom. The largest absolute Gasteiger partial charge is 0.293 e. The second kappa shape index (κ2) is 3.84. The Bertz CT molecular complexity index is 419. The smallest absolute Gasteiger partial charge is 0.249 e. The lowest BCUT2D eigenvalue weighted by atomic mass is 10.3. The van der Waals surface area contributed by atoms with E-state index in [1.165, 1.54) is 19.0 Å². The van der Waals surface area contributed by atoms with Gasteiger partial charge in [-0.05, 0) is 26.2 Å². The highest BCUT2D eigenvalue weighted by molar-refractivity contribution is 5.86. The van der Waals surface area contributed by atoms with E-state index in [0.29, 0.717) is 5.95 Å². The molecule has 0 fully saturated rings. The molecule has 5 heteroatoms. The molecular formula is C10H14N4O. The number of carbonyl (C=O) groups excluding carboxylic acids is 1. The maximum atomic E-state index is 10.8. The van der Waals surface area contributed by atoms with Crippen molar-refractivity contribution in [1.29, 1.82) is 0 Å². The Labute approximate surface area is 88.2 Å². The van der Waals surface area contributed by atoms with E-state index in [4.69, 9.17) is 0 Å². The number of rotatable bonds is 2. The Balaban J connectivity index is 2.25. The Morgan fingerprint density at radius 1 is 1.60 bits per heavy atom. The van der Waals surface area contributed by atoms with E-state index in [9.17, 15) is 4.79 Å². The van der Waals surface area contributed by atoms with Crippen molar-refractivity contribution in [2.24, 2.45) is 0 Å². The minimum absolute atomic E-state index is 0.146. The second-order valence-corrected chi connectivity index (χ2v) is 3.66. The van der Waals surface area contributed by atoms with Crippen LogP contribution < -0.4 is 5.32 Å². The molecule has 1 amide bonds. The lowest BCUT2D eigenvalue weighted by Crippen LogP contribution is -2.07. The lowest BCUT2D eigenvalue weighted by molar-refractivity contribution is -0.114. The number of hydrogen-bond donors (Lipinski definition) is 1. The molecular weight excluding hydrogens is 192 g/mol. The van der Waals surface area contributed by atoms with E-state index in [1.807, 2.05) is 6.92 Å². The Morgan fingerprint density at radius 2 is 2.40 bits per heavy atom. The van der Waals surface area contributed by atoms with Gasteiger partial charge in [0.05, 0.1) is 0 Å². The molecule has 0 aliphatic heterocycles. The molecule has 0 unspecified atom stereocenters. The van der Waals surface area contributed by atoms with E-state index in [-0.39, 0.29) is 5.91 Å². The van der Waals surface area contributed by atoms with Gasteiger partial charge in [-0.3, -0.25) is 10.1 Å². The van der Waals surface area contributed by atoms with Gasteiger partial charge in [-0.15, -0.1) is 5.10 Å². The van der Waals surface area contributed by atoms with Crippen LogP contribution in [0, 0.1) is 6.92 Å². The van der Waals surface area contributed by atoms with Crippen LogP contribution in [-0.2, 0) is 4.79 Å². The Kier molecular flexibility index (Phi) is 2.53. The lowest BCUT2D eigenvalue weighted by Gasteiger charge is -2.01. The molecule has 1 aliphatic rings. The van der Waals surface area contributed by atoms with Crippen molar-refractivity contribution in [3.8, 4) is 0 Å². The van der Waals surface area contributed by atoms with Gasteiger partial charge in [-0.1, -0.05) is 6.08 Å². The van der Waals surface area contributed by atoms with Crippen molar-refractivity contribution < 1.29 is 4.79 Å². The van der Waals surface area contributed by atoms with Crippen LogP contribution in [0.5, 0.6) is 0 Å². The van der Waals surface area contributed by atoms with Gasteiger partial charge in [0, 0.05) is 12.6 Å². The van der Waals surface area contributed by atoms with Gasteiger partial charge in [-0.25, -0.2) is 4.68 Å². The molecule has 0 saturated heterocycles. The van der Waals surface area contributed by atoms with Gasteiger partial charge in [0.2, 0.25) is 11.9 Å². The van der Waals surface area contributed by atoms with E-state index in [1.54, 1.807) is 4.68 Å². The summed E-state index contributed by atoms with van der Waals surface area (Å²) < 4.78 is 1.80. The summed E-state index contributed by atoms with van der Waals surface area (Å²) in [5.41, 5.74) is 1.18. The number of aryl methyl sites for hydroxylation is 1. The van der Waals surface area contributed by atoms with Gasteiger partial charge in [0.1, 0.15) is 5.82 Å². The normalized spacial score (nSPS) is 15.2. The molecule has 2 rings (SSSR count). The average molecular weight is 206 g/mol. The maximum absolute atomic E-state index is 10.8. The number of hydrogen-bond acceptors (Lipinski definition) is 3. The number of anilines is 1. The fraction of sp³-hybridized carbons (Fsp3) is 0.500. The third kappa shape index (κ3) is 2.06. The van der Waals surface area contributed by atoms with E-state index in [0.717, 1.165) is 18.7 Å². The van der Waals surface area contributed by atoms with Crippen LogP contribution in [-0.4, -0.2) is 20.7 Å². The molecule has 0 saturated carbocycles. The summed E-state index contributed by atoms with van der Waals surface area (Å²) in [6.45, 7) is 3.34. The summed E-state index contributed by atoms with van der Waals surface area (Å²) in [6.07, 6.45) is 5.47. The maximum Gasteiger partial charge on any atom is 0.249 e. The van der Waals surface area contributed by atoms with E-state index < -0.39 is 0 Å². The molecule has 0 radical (unpaired) electrons. The second-order valence-electron chi connectivity index (χ2n) is 3.66. The summed E-state index contributed by atoms with van der Waals surface area (Å²) in [6, 6.07) is 0. The fourth-order valence-corrected chi connectivity index (χ4v) is 1.72. The number of nitrogens with zero attached hydrogens (tertiary/aromatic N) is 3. The third-order valence-electron chi connectivity index (χ3n) is 2.35. The standard InChI is InChI=1S/C10H14N4O/c1-7-11-10(12-8(2)15)13-14(7)9-5-3-4-6-9/h5H,3-4,6H2,1-2H3,(H,12,13,15). The molecule has 1 heterocycles. The molecule has 1 aromatic rings. The Hall–Kier alpha value is -1.65. The number of amides is 1. The monoisotopic (exact) mass is 206 g/mol. The van der Waals surface area contributed by atoms with Crippen LogP contribution in [0.15, 0.2) is 6.08 Å². The number of aromatic nitrogens is 3. The molecule has 0 spiro atoms. The highest BCUT2D eigenvalue weighted by atomic mass is 16.1. The first kappa shape index (κ1) is 9.89. The van der Waals surface area contributed by atoms with Gasteiger partial charge < -0.3 is 0 Å². The van der Waals surface area contributed by atoms with Crippen molar-refractivity contribution >= 4 is 17.6 Å². The average Bonchev–Trinajstić information content (AvgIpc) is 2.72. The summed E-state index contributed by atoms with van der Waals surface area (Å²) in [5, 5.41) is 6.82. The summed E-state index contributed by atoms with van der Waals surface area (Å²) in [4.78, 5) is 15.0. The molecule has 5 nitrogen and oxygen atoms in total. The summed E-state index contributed by atoms with van der Waals surface area (Å²) in [5.74, 6) is 1.05. The first-order valence-corrected chi connectivity index (χ1v) is 5.07. The first-order chi connectivity index (χ1) is 7.16. The molecule has 1 N–H and O–H groups in total. The molecule has 0 bridgehead atoms. The van der Waals surface area contributed by atoms with Crippen LogP contribution in [0.4, 0.5) is 5.95 Å². The quantitative estimate of drug-likeness (QED) is 0.799. The molecule has 0 atom stereocenters. The van der Waals surface area contributed by atoms with Crippen molar-refractivity contribution in [2.75, 3.05) is 5.32 Å². The molecule has 1 aliphatic carbocycles. The molecule has 15 heavy (non-hydrogen) atoms. The first-order valence-electron chi connectivity index (χ1n) is 5.07. The van der Waals surface area contributed by atoms with Crippen LogP contribution in [0.2, 0.25) is 0 Å². The van der Waals surface area contributed by atoms with Gasteiger partial charge >= 0.3 is 0 Å². The van der Waals surface area contributed by atoms with Crippen LogP contribution >= 0.6 is 0 Å². The van der Waals surface area contributed by atoms with E-state index >= 15 is 0 Å². The van der Waals surface area contributed by atoms with Crippen molar-refractivity contribution in [3.05, 3.63) is 11.9 Å². The van der Waals surface area contributed by atoms with Crippen LogP contribution in [0.3, 0.4) is 0 Å². The van der Waals surface area contributed by atoms with E-state index in [2.05, 4.69) is 21.5 Å². The van der Waals surface area contributed by atoms with Gasteiger partial charge in [0.25, 0.3) is 0 Å². The van der Waals surface area contributed by atoms with Gasteiger partial charge in [0.15, 0.2) is 0 Å². The highest BCUT2D eigenvalue weighted by Crippen LogP contribution is 2.22. The number of allylic oxidation sites excluding steroid dienone is 2. The van der Waals surface area contributed by atoms with Crippen molar-refractivity contribution in [3.63, 3.8) is 0 Å². The van der Waals surface area contributed by atoms with Crippen molar-refractivity contribution in [2.45, 2.75) is 33.1 Å². The summed E-state index contributed by atoms with van der Waals surface area (Å²) in [7, 11) is 0. The minimum Gasteiger partial charge on any atom is -0.293 e. The fourth-order valence-electron chi connectivity index (χ4n) is 1.72. The molecule has 1 aromatic heterocycles. The number of nitrogens with one attached hydrogen (secondary N) is 1. The van der Waals surface area contributed by atoms with Crippen LogP contribution in [0.25, 0.3) is 5.70 Å². The highest BCUT2D eigenvalue weighted by Gasteiger charge is 2.13. The zero-order valence-corrected chi connectivity index (χ0v) is 8.95. The number of carbonyl (C=O) groups is 1. The third-order valence-corrected chi connectivity index (χ3v) is 2.35. The minimum atomic E-state index is -0.146. The predicted octanol–water partition coefficient (Wildman–Crippen LogP) is 1.57. The van der Waals surface area contributed by atoms with Crippen molar-refractivity contribution in [1.82, 2.24) is 14.8 Å².